The summed E-state index contributed by atoms with van der Waals surface area (Å²) < 4.78 is 0. The van der Waals surface area contributed by atoms with Crippen LogP contribution in [0.4, 0.5) is 0 Å². The molecule has 1 fully saturated rings. The van der Waals surface area contributed by atoms with Gasteiger partial charge < -0.3 is 5.73 Å². The molecule has 18 heavy (non-hydrogen) atoms. The van der Waals surface area contributed by atoms with Gasteiger partial charge in [-0.1, -0.05) is 24.3 Å². The second kappa shape index (κ2) is 4.67. The number of nitrogens with zero attached hydrogens (tertiary/aromatic N) is 2. The number of aromatic nitrogens is 1. The largest absolute Gasteiger partial charge is 0.330 e. The molecule has 2 atom stereocenters. The van der Waals surface area contributed by atoms with Crippen LogP contribution in [0, 0.1) is 5.92 Å². The van der Waals surface area contributed by atoms with Gasteiger partial charge in [0.1, 0.15) is 0 Å². The number of hydrogen-bond acceptors (Lipinski definition) is 3. The SMILES string of the molecule is CN1CCC(CN)C1c1cncc2ccccc12. The number of nitrogens with two attached hydrogens (primary N) is 1. The minimum atomic E-state index is 0.411. The van der Waals surface area contributed by atoms with E-state index in [2.05, 4.69) is 41.2 Å². The summed E-state index contributed by atoms with van der Waals surface area (Å²) >= 11 is 0. The Kier molecular flexibility index (Phi) is 3.02. The smallest absolute Gasteiger partial charge is 0.0407 e. The minimum Gasteiger partial charge on any atom is -0.330 e. The zero-order chi connectivity index (χ0) is 12.5. The Morgan fingerprint density at radius 3 is 3.00 bits per heavy atom. The van der Waals surface area contributed by atoms with Crippen molar-refractivity contribution in [2.45, 2.75) is 12.5 Å². The summed E-state index contributed by atoms with van der Waals surface area (Å²) in [6.07, 6.45) is 5.13. The molecule has 1 saturated heterocycles. The molecule has 1 aliphatic rings. The van der Waals surface area contributed by atoms with Crippen molar-refractivity contribution in [1.29, 1.82) is 0 Å². The van der Waals surface area contributed by atoms with Gasteiger partial charge in [-0.2, -0.15) is 0 Å². The van der Waals surface area contributed by atoms with Crippen LogP contribution in [0.5, 0.6) is 0 Å². The molecular formula is C15H19N3. The average molecular weight is 241 g/mol. The van der Waals surface area contributed by atoms with Gasteiger partial charge in [-0.25, -0.2) is 0 Å². The van der Waals surface area contributed by atoms with E-state index in [0.717, 1.165) is 13.1 Å². The predicted molar refractivity (Wildman–Crippen MR) is 74.3 cm³/mol. The van der Waals surface area contributed by atoms with Crippen molar-refractivity contribution in [1.82, 2.24) is 9.88 Å². The second-order valence-corrected chi connectivity index (χ2v) is 5.16. The maximum atomic E-state index is 5.92. The maximum absolute atomic E-state index is 5.92. The highest BCUT2D eigenvalue weighted by Crippen LogP contribution is 2.38. The van der Waals surface area contributed by atoms with Gasteiger partial charge in [-0.3, -0.25) is 9.88 Å². The van der Waals surface area contributed by atoms with Crippen LogP contribution in [-0.4, -0.2) is 30.0 Å². The van der Waals surface area contributed by atoms with Gasteiger partial charge in [0.05, 0.1) is 0 Å². The van der Waals surface area contributed by atoms with Crippen LogP contribution >= 0.6 is 0 Å². The third-order valence-corrected chi connectivity index (χ3v) is 4.09. The first kappa shape index (κ1) is 11.6. The number of hydrogen-bond donors (Lipinski definition) is 1. The quantitative estimate of drug-likeness (QED) is 0.876. The van der Waals surface area contributed by atoms with Crippen molar-refractivity contribution >= 4 is 10.8 Å². The molecule has 2 unspecified atom stereocenters. The zero-order valence-corrected chi connectivity index (χ0v) is 10.7. The lowest BCUT2D eigenvalue weighted by molar-refractivity contribution is 0.281. The van der Waals surface area contributed by atoms with Crippen molar-refractivity contribution in [2.24, 2.45) is 11.7 Å². The molecule has 94 valence electrons. The van der Waals surface area contributed by atoms with Crippen molar-refractivity contribution in [3.63, 3.8) is 0 Å². The maximum Gasteiger partial charge on any atom is 0.0407 e. The van der Waals surface area contributed by atoms with Crippen LogP contribution < -0.4 is 5.73 Å². The van der Waals surface area contributed by atoms with Crippen molar-refractivity contribution in [3.8, 4) is 0 Å². The van der Waals surface area contributed by atoms with Gasteiger partial charge in [0.25, 0.3) is 0 Å². The van der Waals surface area contributed by atoms with Crippen LogP contribution in [0.3, 0.4) is 0 Å². The molecular weight excluding hydrogens is 222 g/mol. The fraction of sp³-hybridized carbons (Fsp3) is 0.400. The Morgan fingerprint density at radius 1 is 1.33 bits per heavy atom. The third-order valence-electron chi connectivity index (χ3n) is 4.09. The van der Waals surface area contributed by atoms with Gasteiger partial charge in [-0.15, -0.1) is 0 Å². The van der Waals surface area contributed by atoms with E-state index in [0.29, 0.717) is 12.0 Å². The first-order chi connectivity index (χ1) is 8.81. The summed E-state index contributed by atoms with van der Waals surface area (Å²) in [5, 5.41) is 2.52. The van der Waals surface area contributed by atoms with Crippen LogP contribution in [-0.2, 0) is 0 Å². The summed E-state index contributed by atoms with van der Waals surface area (Å²) in [5.74, 6) is 0.544. The first-order valence-corrected chi connectivity index (χ1v) is 6.54. The van der Waals surface area contributed by atoms with Crippen LogP contribution in [0.2, 0.25) is 0 Å². The molecule has 0 saturated carbocycles. The second-order valence-electron chi connectivity index (χ2n) is 5.16. The number of likely N-dealkylation sites (tertiary alicyclic amines) is 1. The number of rotatable bonds is 2. The van der Waals surface area contributed by atoms with Crippen molar-refractivity contribution in [3.05, 3.63) is 42.2 Å². The normalized spacial score (nSPS) is 24.8. The molecule has 0 radical (unpaired) electrons. The molecule has 1 aliphatic heterocycles. The van der Waals surface area contributed by atoms with Gasteiger partial charge >= 0.3 is 0 Å². The summed E-state index contributed by atoms with van der Waals surface area (Å²) in [7, 11) is 2.18. The van der Waals surface area contributed by atoms with Gasteiger partial charge in [0.2, 0.25) is 0 Å². The molecule has 2 N–H and O–H groups in total. The lowest BCUT2D eigenvalue weighted by Crippen LogP contribution is -2.25. The lowest BCUT2D eigenvalue weighted by Gasteiger charge is -2.25. The van der Waals surface area contributed by atoms with E-state index in [4.69, 9.17) is 5.73 Å². The topological polar surface area (TPSA) is 42.1 Å². The zero-order valence-electron chi connectivity index (χ0n) is 10.7. The Hall–Kier alpha value is -1.45. The Bertz CT molecular complexity index is 547. The molecule has 0 aliphatic carbocycles. The van der Waals surface area contributed by atoms with Gasteiger partial charge in [-0.05, 0) is 43.4 Å². The highest BCUT2D eigenvalue weighted by atomic mass is 15.2. The van der Waals surface area contributed by atoms with E-state index in [1.54, 1.807) is 0 Å². The first-order valence-electron chi connectivity index (χ1n) is 6.54. The van der Waals surface area contributed by atoms with E-state index in [1.807, 2.05) is 12.4 Å². The van der Waals surface area contributed by atoms with Gasteiger partial charge in [0, 0.05) is 23.8 Å². The monoisotopic (exact) mass is 241 g/mol. The number of fused-ring (bicyclic) bond motifs is 1. The van der Waals surface area contributed by atoms with Crippen molar-refractivity contribution in [2.75, 3.05) is 20.1 Å². The third kappa shape index (κ3) is 1.80. The molecule has 1 aromatic carbocycles. The average Bonchev–Trinajstić information content (AvgIpc) is 2.79. The Balaban J connectivity index is 2.13. The molecule has 3 heteroatoms. The van der Waals surface area contributed by atoms with Crippen LogP contribution in [0.25, 0.3) is 10.8 Å². The van der Waals surface area contributed by atoms with E-state index >= 15 is 0 Å². The molecule has 0 bridgehead atoms. The molecule has 0 amide bonds. The minimum absolute atomic E-state index is 0.411. The summed E-state index contributed by atoms with van der Waals surface area (Å²) in [4.78, 5) is 6.80. The molecule has 3 nitrogen and oxygen atoms in total. The molecule has 0 spiro atoms. The van der Waals surface area contributed by atoms with E-state index in [-0.39, 0.29) is 0 Å². The Labute approximate surface area is 108 Å². The van der Waals surface area contributed by atoms with Crippen LogP contribution in [0.1, 0.15) is 18.0 Å². The van der Waals surface area contributed by atoms with E-state index < -0.39 is 0 Å². The molecule has 2 aromatic rings. The van der Waals surface area contributed by atoms with Gasteiger partial charge in [0.15, 0.2) is 0 Å². The molecule has 2 heterocycles. The number of benzene rings is 1. The summed E-state index contributed by atoms with van der Waals surface area (Å²) in [6.45, 7) is 1.87. The summed E-state index contributed by atoms with van der Waals surface area (Å²) in [6, 6.07) is 8.88. The fourth-order valence-electron chi connectivity index (χ4n) is 3.14. The highest BCUT2D eigenvalue weighted by Gasteiger charge is 2.32. The van der Waals surface area contributed by atoms with Crippen molar-refractivity contribution < 1.29 is 0 Å². The summed E-state index contributed by atoms with van der Waals surface area (Å²) in [5.41, 5.74) is 7.24. The molecule has 1 aromatic heterocycles. The lowest BCUT2D eigenvalue weighted by atomic mass is 9.92. The predicted octanol–water partition coefficient (Wildman–Crippen LogP) is 2.19. The van der Waals surface area contributed by atoms with Crippen LogP contribution in [0.15, 0.2) is 36.7 Å². The highest BCUT2D eigenvalue weighted by molar-refractivity contribution is 5.85. The van der Waals surface area contributed by atoms with E-state index in [9.17, 15) is 0 Å². The molecule has 3 rings (SSSR count). The fourth-order valence-corrected chi connectivity index (χ4v) is 3.14. The standard InChI is InChI=1S/C15H19N3/c1-18-7-6-11(8-16)15(18)14-10-17-9-12-4-2-3-5-13(12)14/h2-5,9-11,15H,6-8,16H2,1H3. The van der Waals surface area contributed by atoms with E-state index in [1.165, 1.54) is 22.8 Å². The Morgan fingerprint density at radius 2 is 2.17 bits per heavy atom. The number of pyridine rings is 1.